The predicted molar refractivity (Wildman–Crippen MR) is 71.9 cm³/mol. The fourth-order valence-corrected chi connectivity index (χ4v) is 3.98. The van der Waals surface area contributed by atoms with E-state index < -0.39 is 16.8 Å². The number of carboxylic acids is 1. The average molecular weight is 266 g/mol. The minimum absolute atomic E-state index is 0.0476. The molecule has 0 aliphatic heterocycles. The molecule has 4 heteroatoms. The third-order valence-corrected chi connectivity index (χ3v) is 5.19. The van der Waals surface area contributed by atoms with Crippen molar-refractivity contribution in [2.75, 3.05) is 0 Å². The van der Waals surface area contributed by atoms with Gasteiger partial charge in [0, 0.05) is 21.8 Å². The van der Waals surface area contributed by atoms with E-state index in [1.165, 1.54) is 12.8 Å². The van der Waals surface area contributed by atoms with E-state index in [0.29, 0.717) is 11.0 Å². The van der Waals surface area contributed by atoms with Crippen LogP contribution in [0.5, 0.6) is 0 Å². The highest BCUT2D eigenvalue weighted by Gasteiger charge is 2.21. The van der Waals surface area contributed by atoms with Crippen LogP contribution in [0.4, 0.5) is 0 Å². The third kappa shape index (κ3) is 3.67. The van der Waals surface area contributed by atoms with Gasteiger partial charge in [0.1, 0.15) is 0 Å². The van der Waals surface area contributed by atoms with Crippen LogP contribution in [0.2, 0.25) is 0 Å². The summed E-state index contributed by atoms with van der Waals surface area (Å²) in [4.78, 5) is 10.6. The van der Waals surface area contributed by atoms with Crippen LogP contribution in [0, 0.1) is 0 Å². The number of hydrogen-bond donors (Lipinski definition) is 1. The second kappa shape index (κ2) is 6.14. The summed E-state index contributed by atoms with van der Waals surface area (Å²) in [6.07, 6.45) is 4.63. The van der Waals surface area contributed by atoms with Crippen LogP contribution < -0.4 is 0 Å². The molecule has 1 aliphatic rings. The van der Waals surface area contributed by atoms with Gasteiger partial charge >= 0.3 is 5.97 Å². The molecule has 1 aliphatic carbocycles. The standard InChI is InChI=1S/C14H18O3S/c15-14(16)9-11-5-7-12(8-6-11)10-18(17)13-3-1-2-4-13/h5-8,13H,1-4,9-10H2,(H,15,16). The van der Waals surface area contributed by atoms with Gasteiger partial charge in [-0.3, -0.25) is 9.00 Å². The average Bonchev–Trinajstić information content (AvgIpc) is 2.84. The molecule has 0 amide bonds. The van der Waals surface area contributed by atoms with E-state index in [0.717, 1.165) is 24.0 Å². The summed E-state index contributed by atoms with van der Waals surface area (Å²) >= 11 is 0. The van der Waals surface area contributed by atoms with Crippen molar-refractivity contribution < 1.29 is 14.1 Å². The van der Waals surface area contributed by atoms with Crippen molar-refractivity contribution >= 4 is 16.8 Å². The molecule has 1 fully saturated rings. The van der Waals surface area contributed by atoms with Crippen molar-refractivity contribution in [1.29, 1.82) is 0 Å². The van der Waals surface area contributed by atoms with Crippen molar-refractivity contribution in [2.24, 2.45) is 0 Å². The fraction of sp³-hybridized carbons (Fsp3) is 0.500. The highest BCUT2D eigenvalue weighted by atomic mass is 32.2. The summed E-state index contributed by atoms with van der Waals surface area (Å²) in [6.45, 7) is 0. The normalized spacial score (nSPS) is 17.8. The van der Waals surface area contributed by atoms with Gasteiger partial charge in [0.25, 0.3) is 0 Å². The van der Waals surface area contributed by atoms with Crippen LogP contribution in [0.15, 0.2) is 24.3 Å². The first-order chi connectivity index (χ1) is 8.65. The second-order valence-electron chi connectivity index (χ2n) is 4.82. The van der Waals surface area contributed by atoms with Crippen molar-refractivity contribution in [1.82, 2.24) is 0 Å². The van der Waals surface area contributed by atoms with Gasteiger partial charge < -0.3 is 5.11 Å². The highest BCUT2D eigenvalue weighted by Crippen LogP contribution is 2.24. The lowest BCUT2D eigenvalue weighted by atomic mass is 10.1. The molecule has 3 nitrogen and oxygen atoms in total. The van der Waals surface area contributed by atoms with Gasteiger partial charge in [-0.15, -0.1) is 0 Å². The SMILES string of the molecule is O=C(O)Cc1ccc(CS(=O)C2CCCC2)cc1. The molecule has 0 radical (unpaired) electrons. The smallest absolute Gasteiger partial charge is 0.307 e. The maximum absolute atomic E-state index is 12.1. The van der Waals surface area contributed by atoms with E-state index in [-0.39, 0.29) is 6.42 Å². The van der Waals surface area contributed by atoms with E-state index in [1.807, 2.05) is 24.3 Å². The number of benzene rings is 1. The van der Waals surface area contributed by atoms with E-state index in [9.17, 15) is 9.00 Å². The predicted octanol–water partition coefficient (Wildman–Crippen LogP) is 2.51. The largest absolute Gasteiger partial charge is 0.481 e. The summed E-state index contributed by atoms with van der Waals surface area (Å²) in [5.41, 5.74) is 1.83. The maximum Gasteiger partial charge on any atom is 0.307 e. The lowest BCUT2D eigenvalue weighted by Gasteiger charge is -2.09. The molecule has 1 aromatic carbocycles. The molecule has 0 heterocycles. The van der Waals surface area contributed by atoms with E-state index in [2.05, 4.69) is 0 Å². The molecule has 0 bridgehead atoms. The lowest BCUT2D eigenvalue weighted by molar-refractivity contribution is -0.136. The molecular formula is C14H18O3S. The Balaban J connectivity index is 1.93. The molecule has 18 heavy (non-hydrogen) atoms. The second-order valence-corrected chi connectivity index (χ2v) is 6.54. The molecular weight excluding hydrogens is 248 g/mol. The van der Waals surface area contributed by atoms with Gasteiger partial charge in [0.2, 0.25) is 0 Å². The Kier molecular flexibility index (Phi) is 4.53. The Morgan fingerprint density at radius 1 is 1.17 bits per heavy atom. The third-order valence-electron chi connectivity index (χ3n) is 3.36. The highest BCUT2D eigenvalue weighted by molar-refractivity contribution is 7.84. The molecule has 1 atom stereocenters. The quantitative estimate of drug-likeness (QED) is 0.891. The van der Waals surface area contributed by atoms with Gasteiger partial charge in [-0.05, 0) is 24.0 Å². The number of rotatable bonds is 5. The molecule has 1 unspecified atom stereocenters. The van der Waals surface area contributed by atoms with Crippen LogP contribution in [-0.4, -0.2) is 20.5 Å². The molecule has 0 spiro atoms. The molecule has 2 rings (SSSR count). The van der Waals surface area contributed by atoms with Crippen LogP contribution in [-0.2, 0) is 27.8 Å². The molecule has 1 aromatic rings. The molecule has 1 saturated carbocycles. The van der Waals surface area contributed by atoms with E-state index in [1.54, 1.807) is 0 Å². The van der Waals surface area contributed by atoms with Gasteiger partial charge in [-0.1, -0.05) is 37.1 Å². The van der Waals surface area contributed by atoms with E-state index >= 15 is 0 Å². The summed E-state index contributed by atoms with van der Waals surface area (Å²) in [7, 11) is -0.780. The van der Waals surface area contributed by atoms with Gasteiger partial charge in [-0.2, -0.15) is 0 Å². The van der Waals surface area contributed by atoms with Crippen LogP contribution in [0.1, 0.15) is 36.8 Å². The molecule has 1 N–H and O–H groups in total. The number of carbonyl (C=O) groups is 1. The first kappa shape index (κ1) is 13.3. The molecule has 0 saturated heterocycles. The summed E-state index contributed by atoms with van der Waals surface area (Å²) in [5.74, 6) is -0.227. The Labute approximate surface area is 110 Å². The maximum atomic E-state index is 12.1. The van der Waals surface area contributed by atoms with Crippen LogP contribution in [0.25, 0.3) is 0 Å². The van der Waals surface area contributed by atoms with Crippen molar-refractivity contribution in [3.05, 3.63) is 35.4 Å². The van der Waals surface area contributed by atoms with Crippen molar-refractivity contribution in [3.63, 3.8) is 0 Å². The molecule has 98 valence electrons. The number of aliphatic carboxylic acids is 1. The number of carboxylic acid groups (broad SMARTS) is 1. The summed E-state index contributed by atoms with van der Waals surface area (Å²) in [5, 5.41) is 9.04. The fourth-order valence-electron chi connectivity index (χ4n) is 2.36. The Hall–Kier alpha value is -1.16. The first-order valence-electron chi connectivity index (χ1n) is 6.32. The van der Waals surface area contributed by atoms with Gasteiger partial charge in [0.05, 0.1) is 6.42 Å². The van der Waals surface area contributed by atoms with Gasteiger partial charge in [0.15, 0.2) is 0 Å². The monoisotopic (exact) mass is 266 g/mol. The zero-order valence-electron chi connectivity index (χ0n) is 10.3. The van der Waals surface area contributed by atoms with Crippen LogP contribution >= 0.6 is 0 Å². The Morgan fingerprint density at radius 3 is 2.28 bits per heavy atom. The van der Waals surface area contributed by atoms with Gasteiger partial charge in [-0.25, -0.2) is 0 Å². The minimum atomic E-state index is -0.822. The Morgan fingerprint density at radius 2 is 1.72 bits per heavy atom. The van der Waals surface area contributed by atoms with Crippen molar-refractivity contribution in [3.8, 4) is 0 Å². The van der Waals surface area contributed by atoms with E-state index in [4.69, 9.17) is 5.11 Å². The first-order valence-corrected chi connectivity index (χ1v) is 7.70. The summed E-state index contributed by atoms with van der Waals surface area (Å²) < 4.78 is 12.1. The van der Waals surface area contributed by atoms with Crippen LogP contribution in [0.3, 0.4) is 0 Å². The zero-order chi connectivity index (χ0) is 13.0. The topological polar surface area (TPSA) is 54.4 Å². The Bertz CT molecular complexity index is 433. The lowest BCUT2D eigenvalue weighted by Crippen LogP contribution is -2.12. The zero-order valence-corrected chi connectivity index (χ0v) is 11.1. The summed E-state index contributed by atoms with van der Waals surface area (Å²) in [6, 6.07) is 7.42. The minimum Gasteiger partial charge on any atom is -0.481 e. The molecule has 0 aromatic heterocycles. The van der Waals surface area contributed by atoms with Crippen molar-refractivity contribution in [2.45, 2.75) is 43.1 Å². The number of hydrogen-bond acceptors (Lipinski definition) is 2.